The third-order valence-electron chi connectivity index (χ3n) is 4.55. The summed E-state index contributed by atoms with van der Waals surface area (Å²) in [6.45, 7) is 2.72. The Balaban J connectivity index is 1.76. The molecule has 0 aliphatic carbocycles. The van der Waals surface area contributed by atoms with Gasteiger partial charge in [0.05, 0.1) is 41.8 Å². The van der Waals surface area contributed by atoms with Gasteiger partial charge in [0, 0.05) is 25.4 Å². The van der Waals surface area contributed by atoms with Gasteiger partial charge in [-0.1, -0.05) is 0 Å². The van der Waals surface area contributed by atoms with Crippen molar-refractivity contribution in [3.05, 3.63) is 54.5 Å². The maximum Gasteiger partial charge on any atom is 0.256 e. The Morgan fingerprint density at radius 2 is 1.96 bits per heavy atom. The molecule has 3 heterocycles. The maximum atomic E-state index is 13.0. The molecule has 4 aromatic rings. The van der Waals surface area contributed by atoms with Crippen LogP contribution in [0.1, 0.15) is 17.3 Å². The van der Waals surface area contributed by atoms with Crippen molar-refractivity contribution >= 4 is 22.6 Å². The summed E-state index contributed by atoms with van der Waals surface area (Å²) in [5, 5.41) is 12.1. The Hall–Kier alpha value is -3.68. The third kappa shape index (κ3) is 3.20. The van der Waals surface area contributed by atoms with E-state index in [1.807, 2.05) is 31.2 Å². The number of hydrogen-bond acceptors (Lipinski definition) is 5. The Morgan fingerprint density at radius 3 is 2.64 bits per heavy atom. The highest BCUT2D eigenvalue weighted by molar-refractivity contribution is 6.12. The molecule has 3 aromatic heterocycles. The van der Waals surface area contributed by atoms with Crippen LogP contribution in [0, 0.1) is 0 Å². The minimum atomic E-state index is -0.231. The SMILES string of the molecule is CCn1cc(NC(=O)c2cc(-c3ccc(OC)cc3)nc3c2cnn3C)cn1. The molecule has 142 valence electrons. The Kier molecular flexibility index (Phi) is 4.52. The molecule has 0 fully saturated rings. The van der Waals surface area contributed by atoms with E-state index in [0.29, 0.717) is 28.0 Å². The number of nitrogens with one attached hydrogen (secondary N) is 1. The first-order chi connectivity index (χ1) is 13.6. The number of fused-ring (bicyclic) bond motifs is 1. The highest BCUT2D eigenvalue weighted by atomic mass is 16.5. The second kappa shape index (κ2) is 7.15. The molecule has 0 bridgehead atoms. The van der Waals surface area contributed by atoms with Gasteiger partial charge in [-0.2, -0.15) is 10.2 Å². The lowest BCUT2D eigenvalue weighted by atomic mass is 10.1. The van der Waals surface area contributed by atoms with Crippen LogP contribution >= 0.6 is 0 Å². The molecule has 0 unspecified atom stereocenters. The number of benzene rings is 1. The number of hydrogen-bond donors (Lipinski definition) is 1. The van der Waals surface area contributed by atoms with E-state index in [4.69, 9.17) is 9.72 Å². The lowest BCUT2D eigenvalue weighted by Crippen LogP contribution is -2.12. The van der Waals surface area contributed by atoms with Gasteiger partial charge in [-0.25, -0.2) is 4.98 Å². The molecular formula is C20H20N6O2. The summed E-state index contributed by atoms with van der Waals surface area (Å²) < 4.78 is 8.63. The zero-order chi connectivity index (χ0) is 19.7. The lowest BCUT2D eigenvalue weighted by molar-refractivity contribution is 0.102. The molecule has 8 nitrogen and oxygen atoms in total. The van der Waals surface area contributed by atoms with Gasteiger partial charge in [0.25, 0.3) is 5.91 Å². The van der Waals surface area contributed by atoms with Crippen molar-refractivity contribution in [3.8, 4) is 17.0 Å². The van der Waals surface area contributed by atoms with Gasteiger partial charge in [-0.15, -0.1) is 0 Å². The lowest BCUT2D eigenvalue weighted by Gasteiger charge is -2.08. The maximum absolute atomic E-state index is 13.0. The highest BCUT2D eigenvalue weighted by Gasteiger charge is 2.17. The zero-order valence-electron chi connectivity index (χ0n) is 15.9. The average molecular weight is 376 g/mol. The first-order valence-electron chi connectivity index (χ1n) is 8.90. The highest BCUT2D eigenvalue weighted by Crippen LogP contribution is 2.26. The fraction of sp³-hybridized carbons (Fsp3) is 0.200. The molecule has 4 rings (SSSR count). The second-order valence-electron chi connectivity index (χ2n) is 6.33. The second-order valence-corrected chi connectivity index (χ2v) is 6.33. The van der Waals surface area contributed by atoms with Crippen LogP contribution in [0.5, 0.6) is 5.75 Å². The van der Waals surface area contributed by atoms with Crippen LogP contribution in [-0.2, 0) is 13.6 Å². The van der Waals surface area contributed by atoms with Crippen molar-refractivity contribution in [3.63, 3.8) is 0 Å². The molecule has 28 heavy (non-hydrogen) atoms. The molecule has 1 amide bonds. The molecule has 1 N–H and O–H groups in total. The van der Waals surface area contributed by atoms with Gasteiger partial charge in [0.15, 0.2) is 5.65 Å². The molecule has 0 saturated carbocycles. The largest absolute Gasteiger partial charge is 0.497 e. The predicted octanol–water partition coefficient (Wildman–Crippen LogP) is 3.11. The minimum absolute atomic E-state index is 0.231. The summed E-state index contributed by atoms with van der Waals surface area (Å²) in [5.41, 5.74) is 3.37. The number of aromatic nitrogens is 5. The molecule has 1 aromatic carbocycles. The number of carbonyl (C=O) groups is 1. The standard InChI is InChI=1S/C20H20N6O2/c1-4-26-12-14(10-22-26)23-20(27)16-9-18(13-5-7-15(28-3)8-6-13)24-19-17(16)11-21-25(19)2/h5-12H,4H2,1-3H3,(H,23,27). The number of ether oxygens (including phenoxy) is 1. The van der Waals surface area contributed by atoms with Crippen molar-refractivity contribution in [2.75, 3.05) is 12.4 Å². The van der Waals surface area contributed by atoms with Crippen molar-refractivity contribution in [2.24, 2.45) is 7.05 Å². The predicted molar refractivity (Wildman–Crippen MR) is 106 cm³/mol. The number of pyridine rings is 1. The van der Waals surface area contributed by atoms with Crippen molar-refractivity contribution < 1.29 is 9.53 Å². The van der Waals surface area contributed by atoms with E-state index in [9.17, 15) is 4.79 Å². The molecule has 0 saturated heterocycles. The molecule has 0 aliphatic heterocycles. The van der Waals surface area contributed by atoms with E-state index in [1.165, 1.54) is 0 Å². The summed E-state index contributed by atoms with van der Waals surface area (Å²) >= 11 is 0. The first kappa shape index (κ1) is 17.7. The first-order valence-corrected chi connectivity index (χ1v) is 8.90. The molecule has 0 spiro atoms. The quantitative estimate of drug-likeness (QED) is 0.578. The van der Waals surface area contributed by atoms with E-state index in [2.05, 4.69) is 15.5 Å². The Bertz CT molecular complexity index is 1140. The number of carbonyl (C=O) groups excluding carboxylic acids is 1. The Labute approximate surface area is 161 Å². The van der Waals surface area contributed by atoms with Gasteiger partial charge in [0.2, 0.25) is 0 Å². The van der Waals surface area contributed by atoms with Gasteiger partial charge >= 0.3 is 0 Å². The smallest absolute Gasteiger partial charge is 0.256 e. The zero-order valence-corrected chi connectivity index (χ0v) is 15.9. The fourth-order valence-corrected chi connectivity index (χ4v) is 3.01. The van der Waals surface area contributed by atoms with E-state index >= 15 is 0 Å². The van der Waals surface area contributed by atoms with Crippen LogP contribution in [0.2, 0.25) is 0 Å². The third-order valence-corrected chi connectivity index (χ3v) is 4.55. The monoisotopic (exact) mass is 376 g/mol. The summed E-state index contributed by atoms with van der Waals surface area (Å²) in [7, 11) is 3.43. The van der Waals surface area contributed by atoms with Gasteiger partial charge in [-0.3, -0.25) is 14.2 Å². The molecule has 0 radical (unpaired) electrons. The van der Waals surface area contributed by atoms with Crippen LogP contribution in [0.4, 0.5) is 5.69 Å². The van der Waals surface area contributed by atoms with Crippen molar-refractivity contribution in [2.45, 2.75) is 13.5 Å². The number of methoxy groups -OCH3 is 1. The molecule has 0 aliphatic rings. The van der Waals surface area contributed by atoms with Gasteiger partial charge < -0.3 is 10.1 Å². The minimum Gasteiger partial charge on any atom is -0.497 e. The topological polar surface area (TPSA) is 86.9 Å². The van der Waals surface area contributed by atoms with E-state index < -0.39 is 0 Å². The fourth-order valence-electron chi connectivity index (χ4n) is 3.01. The van der Waals surface area contributed by atoms with Gasteiger partial charge in [-0.05, 0) is 37.3 Å². The summed E-state index contributed by atoms with van der Waals surface area (Å²) in [4.78, 5) is 17.7. The number of rotatable bonds is 5. The van der Waals surface area contributed by atoms with Crippen molar-refractivity contribution in [1.29, 1.82) is 0 Å². The molecular weight excluding hydrogens is 356 g/mol. The van der Waals surface area contributed by atoms with Crippen LogP contribution in [0.3, 0.4) is 0 Å². The number of anilines is 1. The van der Waals surface area contributed by atoms with Gasteiger partial charge in [0.1, 0.15) is 5.75 Å². The summed E-state index contributed by atoms with van der Waals surface area (Å²) in [6.07, 6.45) is 5.09. The molecule has 8 heteroatoms. The molecule has 0 atom stereocenters. The van der Waals surface area contributed by atoms with E-state index in [-0.39, 0.29) is 5.91 Å². The van der Waals surface area contributed by atoms with Crippen LogP contribution in [0.25, 0.3) is 22.3 Å². The van der Waals surface area contributed by atoms with Crippen LogP contribution < -0.4 is 10.1 Å². The summed E-state index contributed by atoms with van der Waals surface area (Å²) in [6, 6.07) is 9.34. The van der Waals surface area contributed by atoms with E-state index in [0.717, 1.165) is 17.9 Å². The number of amides is 1. The number of nitrogens with zero attached hydrogens (tertiary/aromatic N) is 5. The van der Waals surface area contributed by atoms with E-state index in [1.54, 1.807) is 48.2 Å². The van der Waals surface area contributed by atoms with Crippen molar-refractivity contribution in [1.82, 2.24) is 24.5 Å². The van der Waals surface area contributed by atoms with Crippen LogP contribution in [-0.4, -0.2) is 37.6 Å². The summed E-state index contributed by atoms with van der Waals surface area (Å²) in [5.74, 6) is 0.530. The number of aryl methyl sites for hydroxylation is 2. The Morgan fingerprint density at radius 1 is 1.18 bits per heavy atom. The normalized spacial score (nSPS) is 11.0. The average Bonchev–Trinajstić information content (AvgIpc) is 3.34. The van der Waals surface area contributed by atoms with Crippen LogP contribution in [0.15, 0.2) is 48.9 Å².